The number of hydrogen-bond donors (Lipinski definition) is 1. The molecule has 0 aromatic heterocycles. The first kappa shape index (κ1) is 26.5. The average molecular weight is 535 g/mol. The third kappa shape index (κ3) is 5.84. The molecule has 3 aromatic rings. The molecule has 2 aliphatic heterocycles. The van der Waals surface area contributed by atoms with E-state index in [4.69, 9.17) is 28.4 Å². The van der Waals surface area contributed by atoms with Gasteiger partial charge in [-0.1, -0.05) is 54.6 Å². The molecule has 0 aliphatic carbocycles. The van der Waals surface area contributed by atoms with Gasteiger partial charge in [-0.05, 0) is 36.4 Å². The zero-order valence-corrected chi connectivity index (χ0v) is 20.7. The minimum Gasteiger partial charge on any atom is -0.459 e. The maximum Gasteiger partial charge on any atom is 0.338 e. The summed E-state index contributed by atoms with van der Waals surface area (Å²) in [6.07, 6.45) is -5.66. The summed E-state index contributed by atoms with van der Waals surface area (Å²) in [4.78, 5) is 38.8. The van der Waals surface area contributed by atoms with E-state index in [1.165, 1.54) is 12.1 Å². The van der Waals surface area contributed by atoms with Crippen LogP contribution in [0.5, 0.6) is 0 Å². The van der Waals surface area contributed by atoms with Gasteiger partial charge >= 0.3 is 17.9 Å². The van der Waals surface area contributed by atoms with Crippen LogP contribution < -0.4 is 0 Å². The molecule has 0 radical (unpaired) electrons. The van der Waals surface area contributed by atoms with Crippen LogP contribution in [0.4, 0.5) is 0 Å². The molecule has 5 atom stereocenters. The maximum absolute atomic E-state index is 13.1. The van der Waals surface area contributed by atoms with Crippen molar-refractivity contribution in [1.82, 2.24) is 0 Å². The molecular formula is C29H26O10. The summed E-state index contributed by atoms with van der Waals surface area (Å²) in [6.45, 7) is -0.365. The Morgan fingerprint density at radius 1 is 0.744 bits per heavy atom. The summed E-state index contributed by atoms with van der Waals surface area (Å²) in [6, 6.07) is 24.5. The van der Waals surface area contributed by atoms with Gasteiger partial charge in [0.25, 0.3) is 5.79 Å². The number of rotatable bonds is 7. The summed E-state index contributed by atoms with van der Waals surface area (Å²) in [7, 11) is 0. The molecule has 2 fully saturated rings. The van der Waals surface area contributed by atoms with Crippen LogP contribution in [0.2, 0.25) is 0 Å². The van der Waals surface area contributed by atoms with Gasteiger partial charge in [-0.25, -0.2) is 14.4 Å². The molecule has 0 bridgehead atoms. The van der Waals surface area contributed by atoms with E-state index in [2.05, 4.69) is 0 Å². The Balaban J connectivity index is 1.46. The lowest BCUT2D eigenvalue weighted by molar-refractivity contribution is -0.436. The molecule has 10 heteroatoms. The number of hydrogen-bond acceptors (Lipinski definition) is 10. The van der Waals surface area contributed by atoms with E-state index in [1.807, 2.05) is 0 Å². The van der Waals surface area contributed by atoms with Crippen molar-refractivity contribution in [2.24, 2.45) is 0 Å². The Hall–Kier alpha value is -4.09. The summed E-state index contributed by atoms with van der Waals surface area (Å²) in [5.74, 6) is -4.54. The molecule has 202 valence electrons. The van der Waals surface area contributed by atoms with Gasteiger partial charge in [-0.3, -0.25) is 0 Å². The van der Waals surface area contributed by atoms with E-state index in [1.54, 1.807) is 78.9 Å². The number of esters is 3. The van der Waals surface area contributed by atoms with Crippen LogP contribution in [0, 0.1) is 0 Å². The Bertz CT molecular complexity index is 1280. The highest BCUT2D eigenvalue weighted by Gasteiger charge is 2.63. The van der Waals surface area contributed by atoms with Gasteiger partial charge in [-0.2, -0.15) is 0 Å². The van der Waals surface area contributed by atoms with Gasteiger partial charge in [0.2, 0.25) is 12.4 Å². The van der Waals surface area contributed by atoms with E-state index in [0.29, 0.717) is 5.56 Å². The monoisotopic (exact) mass is 534 g/mol. The number of benzene rings is 3. The Morgan fingerprint density at radius 3 is 1.82 bits per heavy atom. The van der Waals surface area contributed by atoms with Crippen LogP contribution >= 0.6 is 0 Å². The van der Waals surface area contributed by atoms with Crippen LogP contribution in [0.1, 0.15) is 31.1 Å². The number of carbonyl (C=O) groups is 3. The molecule has 2 aliphatic rings. The first-order valence-corrected chi connectivity index (χ1v) is 12.3. The predicted molar refractivity (Wildman–Crippen MR) is 134 cm³/mol. The Morgan fingerprint density at radius 2 is 1.26 bits per heavy atom. The Kier molecular flexibility index (Phi) is 7.99. The van der Waals surface area contributed by atoms with Crippen LogP contribution in [0.15, 0.2) is 91.0 Å². The number of ether oxygens (including phenoxy) is 6. The summed E-state index contributed by atoms with van der Waals surface area (Å²) in [5.41, 5.74) is 0.702. The molecule has 0 saturated carbocycles. The second-order valence-electron chi connectivity index (χ2n) is 8.87. The molecule has 0 spiro atoms. The fourth-order valence-electron chi connectivity index (χ4n) is 4.33. The van der Waals surface area contributed by atoms with E-state index in [0.717, 1.165) is 0 Å². The molecule has 1 N–H and O–H groups in total. The quantitative estimate of drug-likeness (QED) is 0.357. The van der Waals surface area contributed by atoms with Crippen molar-refractivity contribution in [2.75, 3.05) is 19.8 Å². The molecule has 2 heterocycles. The minimum atomic E-state index is -2.32. The van der Waals surface area contributed by atoms with Gasteiger partial charge in [0.05, 0.1) is 29.9 Å². The number of fused-ring (bicyclic) bond motifs is 1. The van der Waals surface area contributed by atoms with Crippen molar-refractivity contribution in [3.8, 4) is 0 Å². The van der Waals surface area contributed by atoms with E-state index in [9.17, 15) is 19.5 Å². The predicted octanol–water partition coefficient (Wildman–Crippen LogP) is 2.75. The number of aliphatic hydroxyl groups is 1. The van der Waals surface area contributed by atoms with Crippen molar-refractivity contribution in [3.63, 3.8) is 0 Å². The van der Waals surface area contributed by atoms with E-state index >= 15 is 0 Å². The van der Waals surface area contributed by atoms with Gasteiger partial charge in [0, 0.05) is 0 Å². The molecule has 10 nitrogen and oxygen atoms in total. The van der Waals surface area contributed by atoms with Gasteiger partial charge in [0.1, 0.15) is 12.7 Å². The molecule has 0 unspecified atom stereocenters. The van der Waals surface area contributed by atoms with Crippen molar-refractivity contribution in [3.05, 3.63) is 108 Å². The summed E-state index contributed by atoms with van der Waals surface area (Å²) < 4.78 is 34.1. The van der Waals surface area contributed by atoms with Crippen molar-refractivity contribution >= 4 is 17.9 Å². The maximum atomic E-state index is 13.1. The summed E-state index contributed by atoms with van der Waals surface area (Å²) in [5, 5.41) is 11.5. The molecule has 5 rings (SSSR count). The highest BCUT2D eigenvalue weighted by atomic mass is 16.8. The fraction of sp³-hybridized carbons (Fsp3) is 0.276. The molecule has 39 heavy (non-hydrogen) atoms. The zero-order chi connectivity index (χ0) is 27.2. The van der Waals surface area contributed by atoms with E-state index < -0.39 is 54.9 Å². The van der Waals surface area contributed by atoms with Crippen LogP contribution in [0.3, 0.4) is 0 Å². The normalized spacial score (nSPS) is 26.1. The lowest BCUT2D eigenvalue weighted by Crippen LogP contribution is -2.71. The average Bonchev–Trinajstić information content (AvgIpc) is 2.98. The number of carbonyl (C=O) groups excluding carboxylic acids is 3. The first-order valence-electron chi connectivity index (χ1n) is 12.3. The molecular weight excluding hydrogens is 508 g/mol. The summed E-state index contributed by atoms with van der Waals surface area (Å²) >= 11 is 0. The topological polar surface area (TPSA) is 127 Å². The van der Waals surface area contributed by atoms with Crippen LogP contribution in [0.25, 0.3) is 0 Å². The molecule has 0 amide bonds. The minimum absolute atomic E-state index is 0.0389. The third-order valence-corrected chi connectivity index (χ3v) is 6.28. The zero-order valence-electron chi connectivity index (χ0n) is 20.7. The lowest BCUT2D eigenvalue weighted by atomic mass is 9.94. The molecule has 3 aromatic carbocycles. The fourth-order valence-corrected chi connectivity index (χ4v) is 4.33. The van der Waals surface area contributed by atoms with Crippen molar-refractivity contribution in [1.29, 1.82) is 0 Å². The lowest BCUT2D eigenvalue weighted by Gasteiger charge is -2.50. The first-order chi connectivity index (χ1) is 19.0. The molecule has 2 saturated heterocycles. The second kappa shape index (κ2) is 11.7. The van der Waals surface area contributed by atoms with Gasteiger partial charge < -0.3 is 33.5 Å². The van der Waals surface area contributed by atoms with Crippen molar-refractivity contribution in [2.45, 2.75) is 30.4 Å². The highest BCUT2D eigenvalue weighted by Crippen LogP contribution is 2.38. The van der Waals surface area contributed by atoms with Crippen LogP contribution in [-0.4, -0.2) is 73.2 Å². The smallest absolute Gasteiger partial charge is 0.338 e. The third-order valence-electron chi connectivity index (χ3n) is 6.28. The highest BCUT2D eigenvalue weighted by molar-refractivity contribution is 5.91. The largest absolute Gasteiger partial charge is 0.459 e. The second-order valence-corrected chi connectivity index (χ2v) is 8.87. The standard InChI is InChI=1S/C29H26O10/c30-25(19-10-4-1-5-11-19)35-18-22-23(38-26(31)20-12-6-2-7-13-20)24(29(33)28(37-22)34-16-17-36-29)39-27(32)21-14-8-3-9-15-21/h1-15,22-24,28,33H,16-18H2/t22-,23-,24+,28+,29+/m1/s1. The van der Waals surface area contributed by atoms with Crippen molar-refractivity contribution < 1.29 is 47.9 Å². The SMILES string of the molecule is O=C(OC[C@H]1O[C@@H]2OCCO[C@@]2(O)[C@@H](OC(=O)c2ccccc2)[C@@H]1OC(=O)c1ccccc1)c1ccccc1. The van der Waals surface area contributed by atoms with Gasteiger partial charge in [-0.15, -0.1) is 0 Å². The van der Waals surface area contributed by atoms with Crippen LogP contribution in [-0.2, 0) is 28.4 Å². The Labute approximate surface area is 224 Å². The van der Waals surface area contributed by atoms with Gasteiger partial charge in [0.15, 0.2) is 6.10 Å². The van der Waals surface area contributed by atoms with E-state index in [-0.39, 0.29) is 24.3 Å².